The molecule has 1 amide bonds. The molecule has 0 unspecified atom stereocenters. The number of aromatic nitrogens is 1. The Balaban J connectivity index is 1.48. The smallest absolute Gasteiger partial charge is 0.410 e. The van der Waals surface area contributed by atoms with Crippen molar-refractivity contribution in [2.24, 2.45) is 0 Å². The maximum Gasteiger partial charge on any atom is 0.410 e. The summed E-state index contributed by atoms with van der Waals surface area (Å²) in [7, 11) is 0. The maximum absolute atomic E-state index is 12.0. The van der Waals surface area contributed by atoms with Crippen LogP contribution in [-0.4, -0.2) is 29.1 Å². The second kappa shape index (κ2) is 6.05. The molecule has 3 rings (SSSR count). The van der Waals surface area contributed by atoms with E-state index >= 15 is 0 Å². The van der Waals surface area contributed by atoms with Crippen molar-refractivity contribution in [3.05, 3.63) is 52.0 Å². The highest BCUT2D eigenvalue weighted by atomic mass is 32.1. The minimum atomic E-state index is -0.222. The Kier molecular flexibility index (Phi) is 3.97. The van der Waals surface area contributed by atoms with Gasteiger partial charge in [0.05, 0.1) is 13.2 Å². The molecule has 20 heavy (non-hydrogen) atoms. The molecule has 0 atom stereocenters. The van der Waals surface area contributed by atoms with Crippen LogP contribution in [0.25, 0.3) is 0 Å². The van der Waals surface area contributed by atoms with Gasteiger partial charge in [-0.25, -0.2) is 4.79 Å². The molecule has 1 aliphatic rings. The second-order valence-corrected chi connectivity index (χ2v) is 5.73. The number of amides is 1. The molecule has 4 nitrogen and oxygen atoms in total. The summed E-state index contributed by atoms with van der Waals surface area (Å²) in [4.78, 5) is 19.3. The van der Waals surface area contributed by atoms with Gasteiger partial charge in [-0.1, -0.05) is 6.07 Å². The first-order chi connectivity index (χ1) is 9.83. The lowest BCUT2D eigenvalue weighted by Crippen LogP contribution is -2.36. The first-order valence-corrected chi connectivity index (χ1v) is 7.58. The Labute approximate surface area is 122 Å². The van der Waals surface area contributed by atoms with Crippen molar-refractivity contribution in [3.63, 3.8) is 0 Å². The zero-order valence-electron chi connectivity index (χ0n) is 11.1. The van der Waals surface area contributed by atoms with Gasteiger partial charge in [0.1, 0.15) is 0 Å². The maximum atomic E-state index is 12.0. The second-order valence-electron chi connectivity index (χ2n) is 4.73. The van der Waals surface area contributed by atoms with Gasteiger partial charge in [-0.3, -0.25) is 4.98 Å². The Morgan fingerprint density at radius 3 is 3.20 bits per heavy atom. The van der Waals surface area contributed by atoms with E-state index in [9.17, 15) is 4.79 Å². The van der Waals surface area contributed by atoms with E-state index in [-0.39, 0.29) is 6.09 Å². The Hall–Kier alpha value is -1.88. The lowest BCUT2D eigenvalue weighted by atomic mass is 10.1. The largest absolute Gasteiger partial charge is 0.449 e. The van der Waals surface area contributed by atoms with Crippen molar-refractivity contribution >= 4 is 17.4 Å². The quantitative estimate of drug-likeness (QED) is 0.872. The first kappa shape index (κ1) is 13.1. The Morgan fingerprint density at radius 2 is 2.35 bits per heavy atom. The van der Waals surface area contributed by atoms with E-state index in [1.54, 1.807) is 22.4 Å². The molecule has 0 saturated carbocycles. The van der Waals surface area contributed by atoms with Crippen molar-refractivity contribution in [1.29, 1.82) is 0 Å². The number of nitrogens with zero attached hydrogens (tertiary/aromatic N) is 2. The van der Waals surface area contributed by atoms with E-state index in [1.165, 1.54) is 10.4 Å². The molecule has 3 heterocycles. The minimum absolute atomic E-state index is 0.222. The highest BCUT2D eigenvalue weighted by Gasteiger charge is 2.22. The fourth-order valence-electron chi connectivity index (χ4n) is 2.27. The highest BCUT2D eigenvalue weighted by molar-refractivity contribution is 7.10. The number of carbonyl (C=O) groups is 1. The predicted octanol–water partition coefficient (Wildman–Crippen LogP) is 2.88. The van der Waals surface area contributed by atoms with E-state index in [0.29, 0.717) is 19.6 Å². The molecule has 0 fully saturated rings. The van der Waals surface area contributed by atoms with Gasteiger partial charge in [-0.2, -0.15) is 0 Å². The average molecular weight is 288 g/mol. The summed E-state index contributed by atoms with van der Waals surface area (Å²) in [5, 5.41) is 2.08. The normalized spacial score (nSPS) is 13.9. The van der Waals surface area contributed by atoms with E-state index in [1.807, 2.05) is 18.2 Å². The number of fused-ring (bicyclic) bond motifs is 1. The summed E-state index contributed by atoms with van der Waals surface area (Å²) in [6, 6.07) is 7.89. The third-order valence-electron chi connectivity index (χ3n) is 3.39. The Morgan fingerprint density at radius 1 is 1.40 bits per heavy atom. The lowest BCUT2D eigenvalue weighted by molar-refractivity contribution is 0.0991. The van der Waals surface area contributed by atoms with E-state index in [0.717, 1.165) is 18.7 Å². The van der Waals surface area contributed by atoms with Crippen LogP contribution in [-0.2, 0) is 24.1 Å². The predicted molar refractivity (Wildman–Crippen MR) is 77.7 cm³/mol. The van der Waals surface area contributed by atoms with Crippen LogP contribution in [0.4, 0.5) is 4.79 Å². The lowest BCUT2D eigenvalue weighted by Gasteiger charge is -2.26. The number of rotatable bonds is 3. The molecule has 5 heteroatoms. The van der Waals surface area contributed by atoms with Crippen molar-refractivity contribution in [2.45, 2.75) is 19.4 Å². The molecular weight excluding hydrogens is 272 g/mol. The SMILES string of the molecule is O=C(OCCc1ccccn1)N1CCc2ccsc2C1. The van der Waals surface area contributed by atoms with Crippen LogP contribution in [0, 0.1) is 0 Å². The molecule has 1 aliphatic heterocycles. The van der Waals surface area contributed by atoms with Crippen LogP contribution in [0.1, 0.15) is 16.1 Å². The molecule has 0 N–H and O–H groups in total. The number of thiophene rings is 1. The monoisotopic (exact) mass is 288 g/mol. The fraction of sp³-hybridized carbons (Fsp3) is 0.333. The van der Waals surface area contributed by atoms with Crippen LogP contribution < -0.4 is 0 Å². The molecule has 104 valence electrons. The molecule has 0 spiro atoms. The average Bonchev–Trinajstić information content (AvgIpc) is 2.95. The molecule has 2 aromatic rings. The number of hydrogen-bond acceptors (Lipinski definition) is 4. The van der Waals surface area contributed by atoms with Crippen LogP contribution in [0.5, 0.6) is 0 Å². The van der Waals surface area contributed by atoms with Gasteiger partial charge < -0.3 is 9.64 Å². The summed E-state index contributed by atoms with van der Waals surface area (Å²) < 4.78 is 5.33. The third kappa shape index (κ3) is 2.99. The molecule has 0 aromatic carbocycles. The number of pyridine rings is 1. The van der Waals surface area contributed by atoms with Gasteiger partial charge in [-0.15, -0.1) is 11.3 Å². The Bertz CT molecular complexity index is 583. The van der Waals surface area contributed by atoms with Gasteiger partial charge in [0.2, 0.25) is 0 Å². The van der Waals surface area contributed by atoms with E-state index < -0.39 is 0 Å². The van der Waals surface area contributed by atoms with Crippen molar-refractivity contribution in [1.82, 2.24) is 9.88 Å². The van der Waals surface area contributed by atoms with Crippen molar-refractivity contribution in [2.75, 3.05) is 13.2 Å². The third-order valence-corrected chi connectivity index (χ3v) is 4.34. The number of hydrogen-bond donors (Lipinski definition) is 0. The van der Waals surface area contributed by atoms with Gasteiger partial charge in [0, 0.05) is 29.7 Å². The van der Waals surface area contributed by atoms with Crippen LogP contribution in [0.3, 0.4) is 0 Å². The fourth-order valence-corrected chi connectivity index (χ4v) is 3.22. The molecule has 0 saturated heterocycles. The zero-order chi connectivity index (χ0) is 13.8. The van der Waals surface area contributed by atoms with Crippen molar-refractivity contribution < 1.29 is 9.53 Å². The summed E-state index contributed by atoms with van der Waals surface area (Å²) >= 11 is 1.71. The number of ether oxygens (including phenoxy) is 1. The molecule has 0 aliphatic carbocycles. The van der Waals surface area contributed by atoms with E-state index in [4.69, 9.17) is 4.74 Å². The van der Waals surface area contributed by atoms with Gasteiger partial charge in [-0.05, 0) is 35.6 Å². The summed E-state index contributed by atoms with van der Waals surface area (Å²) in [6.45, 7) is 1.80. The van der Waals surface area contributed by atoms with E-state index in [2.05, 4.69) is 16.4 Å². The van der Waals surface area contributed by atoms with Crippen LogP contribution >= 0.6 is 11.3 Å². The summed E-state index contributed by atoms with van der Waals surface area (Å²) in [5.74, 6) is 0. The van der Waals surface area contributed by atoms with Crippen molar-refractivity contribution in [3.8, 4) is 0 Å². The highest BCUT2D eigenvalue weighted by Crippen LogP contribution is 2.24. The molecule has 0 radical (unpaired) electrons. The van der Waals surface area contributed by atoms with Gasteiger partial charge in [0.25, 0.3) is 0 Å². The molecule has 0 bridgehead atoms. The van der Waals surface area contributed by atoms with Gasteiger partial charge in [0.15, 0.2) is 0 Å². The zero-order valence-corrected chi connectivity index (χ0v) is 11.9. The number of carbonyl (C=O) groups excluding carboxylic acids is 1. The van der Waals surface area contributed by atoms with Crippen LogP contribution in [0.15, 0.2) is 35.8 Å². The summed E-state index contributed by atoms with van der Waals surface area (Å²) in [5.41, 5.74) is 2.31. The van der Waals surface area contributed by atoms with Crippen LogP contribution in [0.2, 0.25) is 0 Å². The minimum Gasteiger partial charge on any atom is -0.449 e. The molecular formula is C15H16N2O2S. The topological polar surface area (TPSA) is 42.4 Å². The molecule has 2 aromatic heterocycles. The first-order valence-electron chi connectivity index (χ1n) is 6.70. The van der Waals surface area contributed by atoms with Gasteiger partial charge >= 0.3 is 6.09 Å². The summed E-state index contributed by atoms with van der Waals surface area (Å²) in [6.07, 6.45) is 3.11. The standard InChI is InChI=1S/C15H16N2O2S/c18-15(19-9-5-13-3-1-2-7-16-13)17-8-4-12-6-10-20-14(12)11-17/h1-3,6-7,10H,4-5,8-9,11H2.